The number of ether oxygens (including phenoxy) is 5. The number of fused-ring (bicyclic) bond motifs is 2. The van der Waals surface area contributed by atoms with Crippen molar-refractivity contribution in [1.82, 2.24) is 0 Å². The van der Waals surface area contributed by atoms with E-state index in [0.717, 1.165) is 6.08 Å². The quantitative estimate of drug-likeness (QED) is 0.125. The van der Waals surface area contributed by atoms with E-state index in [1.807, 2.05) is 13.8 Å². The van der Waals surface area contributed by atoms with Gasteiger partial charge in [-0.15, -0.1) is 0 Å². The summed E-state index contributed by atoms with van der Waals surface area (Å²) >= 11 is 0. The molecule has 13 heteroatoms. The van der Waals surface area contributed by atoms with Crippen LogP contribution in [0.15, 0.2) is 23.3 Å². The van der Waals surface area contributed by atoms with E-state index in [2.05, 4.69) is 0 Å². The summed E-state index contributed by atoms with van der Waals surface area (Å²) < 4.78 is 29.4. The van der Waals surface area contributed by atoms with E-state index >= 15 is 0 Å². The van der Waals surface area contributed by atoms with Gasteiger partial charge in [0.15, 0.2) is 5.78 Å². The van der Waals surface area contributed by atoms with Gasteiger partial charge < -0.3 is 39.0 Å². The van der Waals surface area contributed by atoms with Crippen LogP contribution in [-0.2, 0) is 47.7 Å². The Labute approximate surface area is 265 Å². The number of rotatable bonds is 4. The van der Waals surface area contributed by atoms with Crippen LogP contribution < -0.4 is 0 Å². The molecule has 46 heavy (non-hydrogen) atoms. The van der Waals surface area contributed by atoms with E-state index in [1.54, 1.807) is 26.8 Å². The number of aliphatic hydroxyl groups excluding tert-OH is 3. The average Bonchev–Trinajstić information content (AvgIpc) is 3.46. The first-order chi connectivity index (χ1) is 21.4. The van der Waals surface area contributed by atoms with Crippen LogP contribution in [-0.4, -0.2) is 99.9 Å². The van der Waals surface area contributed by atoms with Crippen LogP contribution in [0.3, 0.4) is 0 Å². The number of esters is 4. The number of Topliss-reactive ketones (excluding diaryl/α,β-unsaturated/α-hetero) is 1. The first-order valence-electron chi connectivity index (χ1n) is 15.7. The van der Waals surface area contributed by atoms with E-state index in [-0.39, 0.29) is 18.6 Å². The Bertz CT molecular complexity index is 1550. The maximum Gasteiger partial charge on any atom is 0.342 e. The predicted molar refractivity (Wildman–Crippen MR) is 152 cm³/mol. The van der Waals surface area contributed by atoms with Crippen molar-refractivity contribution in [2.24, 2.45) is 39.4 Å². The zero-order valence-electron chi connectivity index (χ0n) is 26.8. The zero-order valence-corrected chi connectivity index (χ0v) is 26.8. The molecule has 3 aliphatic heterocycles. The molecule has 13 nitrogen and oxygen atoms in total. The van der Waals surface area contributed by atoms with Gasteiger partial charge in [0.05, 0.1) is 42.5 Å². The third-order valence-electron chi connectivity index (χ3n) is 13.4. The van der Waals surface area contributed by atoms with Crippen molar-refractivity contribution < 1.29 is 63.0 Å². The molecule has 6 fully saturated rings. The lowest BCUT2D eigenvalue weighted by Gasteiger charge is -2.71. The summed E-state index contributed by atoms with van der Waals surface area (Å²) in [6.45, 7) is 11.6. The fourth-order valence-corrected chi connectivity index (χ4v) is 11.5. The lowest BCUT2D eigenvalue weighted by Crippen LogP contribution is -2.81. The van der Waals surface area contributed by atoms with E-state index in [9.17, 15) is 39.3 Å². The first-order valence-corrected chi connectivity index (χ1v) is 15.7. The third kappa shape index (κ3) is 3.26. The van der Waals surface area contributed by atoms with Gasteiger partial charge >= 0.3 is 23.9 Å². The molecule has 0 unspecified atom stereocenters. The van der Waals surface area contributed by atoms with Crippen LogP contribution in [0.2, 0.25) is 0 Å². The van der Waals surface area contributed by atoms with Crippen LogP contribution >= 0.6 is 0 Å². The van der Waals surface area contributed by atoms with Gasteiger partial charge in [0.25, 0.3) is 0 Å². The molecule has 3 N–H and O–H groups in total. The van der Waals surface area contributed by atoms with E-state index < -0.39 is 117 Å². The normalized spacial score (nSPS) is 53.4. The highest BCUT2D eigenvalue weighted by atomic mass is 16.6. The highest BCUT2D eigenvalue weighted by Gasteiger charge is 2.95. The van der Waals surface area contributed by atoms with Crippen LogP contribution in [0, 0.1) is 39.4 Å². The molecule has 0 aromatic heterocycles. The highest BCUT2D eigenvalue weighted by Crippen LogP contribution is 2.82. The Morgan fingerprint density at radius 3 is 2.22 bits per heavy atom. The number of allylic oxidation sites excluding steroid dienone is 1. The lowest BCUT2D eigenvalue weighted by molar-refractivity contribution is -0.334. The Morgan fingerprint density at radius 1 is 0.957 bits per heavy atom. The maximum absolute atomic E-state index is 14.1. The zero-order chi connectivity index (χ0) is 33.7. The second kappa shape index (κ2) is 9.34. The molecule has 0 bridgehead atoms. The minimum Gasteiger partial charge on any atom is -0.462 e. The molecule has 250 valence electrons. The predicted octanol–water partition coefficient (Wildman–Crippen LogP) is 0.312. The smallest absolute Gasteiger partial charge is 0.342 e. The van der Waals surface area contributed by atoms with Gasteiger partial charge in [-0.05, 0) is 13.8 Å². The van der Waals surface area contributed by atoms with Gasteiger partial charge in [0.2, 0.25) is 0 Å². The topological polar surface area (TPSA) is 195 Å². The highest BCUT2D eigenvalue weighted by molar-refractivity contribution is 6.14. The second-order valence-electron chi connectivity index (χ2n) is 15.1. The largest absolute Gasteiger partial charge is 0.462 e. The fourth-order valence-electron chi connectivity index (χ4n) is 11.5. The van der Waals surface area contributed by atoms with Gasteiger partial charge in [-0.2, -0.15) is 0 Å². The molecule has 3 heterocycles. The SMILES string of the molecule is C/C=C(\C)C(=O)O[C@H]1C[C@@H](OC(C)=O)[C@]2(C)CO[C@@H]3[C@@H](O)[C@]4(C)[C@H]([C@H](O)[C@H](O)[C@]5(C)[C@H](C6=CC(=O)OC6=O)C(=O)[C@H]6O[C@]654)[C@]1(C)[C@@H]32. The standard InChI is InChI=1S/C33H40O13/c1-8-12(2)27(40)44-16-10-15(43-13(3)34)29(4)11-42-21-23(29)30(16,5)22-20(37)24(38)31(6)18(14-9-17(35)45-28(14)41)19(36)26-33(31,46-26)32(22,7)25(21)39/h8-9,15-16,18,20-26,37-39H,10-11H2,1-7H3/b12-8+/t15-,16+,18-,20+,21+,22-,23+,24+,25-,26-,29+,30-,31+,32+,33-/m1/s1. The molecule has 0 radical (unpaired) electrons. The summed E-state index contributed by atoms with van der Waals surface area (Å²) in [5, 5.41) is 37.0. The minimum atomic E-state index is -1.70. The van der Waals surface area contributed by atoms with Gasteiger partial charge in [0.1, 0.15) is 23.9 Å². The Balaban J connectivity index is 1.43. The van der Waals surface area contributed by atoms with E-state index in [1.165, 1.54) is 13.8 Å². The van der Waals surface area contributed by atoms with E-state index in [4.69, 9.17) is 23.7 Å². The van der Waals surface area contributed by atoms with Crippen molar-refractivity contribution in [1.29, 1.82) is 0 Å². The van der Waals surface area contributed by atoms with Crippen LogP contribution in [0.5, 0.6) is 0 Å². The summed E-state index contributed by atoms with van der Waals surface area (Å²) in [5.74, 6) is -6.79. The number of epoxide rings is 1. The average molecular weight is 645 g/mol. The van der Waals surface area contributed by atoms with Crippen molar-refractivity contribution in [3.05, 3.63) is 23.3 Å². The molecule has 0 amide bonds. The van der Waals surface area contributed by atoms with E-state index in [0.29, 0.717) is 5.57 Å². The summed E-state index contributed by atoms with van der Waals surface area (Å²) in [5.41, 5.74) is -6.88. The van der Waals surface area contributed by atoms with Crippen LogP contribution in [0.4, 0.5) is 0 Å². The molecule has 0 aromatic rings. The first kappa shape index (κ1) is 31.6. The fraction of sp³-hybridized carbons (Fsp3) is 0.727. The number of carbonyl (C=O) groups excluding carboxylic acids is 5. The number of hydrogen-bond acceptors (Lipinski definition) is 13. The van der Waals surface area contributed by atoms with Crippen molar-refractivity contribution in [3.8, 4) is 0 Å². The number of hydrogen-bond donors (Lipinski definition) is 3. The molecular weight excluding hydrogens is 604 g/mol. The lowest BCUT2D eigenvalue weighted by atomic mass is 9.33. The summed E-state index contributed by atoms with van der Waals surface area (Å²) in [4.78, 5) is 64.5. The Kier molecular flexibility index (Phi) is 6.42. The molecule has 1 spiro atoms. The van der Waals surface area contributed by atoms with Crippen molar-refractivity contribution >= 4 is 29.7 Å². The van der Waals surface area contributed by atoms with Gasteiger partial charge in [-0.1, -0.05) is 33.8 Å². The molecule has 0 aromatic carbocycles. The molecule has 2 saturated heterocycles. The molecule has 15 atom stereocenters. The summed E-state index contributed by atoms with van der Waals surface area (Å²) in [6, 6.07) is 0. The summed E-state index contributed by atoms with van der Waals surface area (Å²) in [7, 11) is 0. The molecule has 7 aliphatic rings. The maximum atomic E-state index is 14.1. The number of carbonyl (C=O) groups is 5. The van der Waals surface area contributed by atoms with Gasteiger partial charge in [0, 0.05) is 58.5 Å². The molecule has 4 aliphatic carbocycles. The number of ketones is 1. The molecule has 4 saturated carbocycles. The van der Waals surface area contributed by atoms with Gasteiger partial charge in [-0.3, -0.25) is 9.59 Å². The monoisotopic (exact) mass is 644 g/mol. The Morgan fingerprint density at radius 2 is 1.63 bits per heavy atom. The van der Waals surface area contributed by atoms with Crippen LogP contribution in [0.25, 0.3) is 0 Å². The van der Waals surface area contributed by atoms with Crippen LogP contribution in [0.1, 0.15) is 54.9 Å². The molecular formula is C33H40O13. The summed E-state index contributed by atoms with van der Waals surface area (Å²) in [6.07, 6.45) is -6.09. The van der Waals surface area contributed by atoms with Crippen molar-refractivity contribution in [2.45, 2.75) is 103 Å². The van der Waals surface area contributed by atoms with Crippen molar-refractivity contribution in [3.63, 3.8) is 0 Å². The van der Waals surface area contributed by atoms with Crippen molar-refractivity contribution in [2.75, 3.05) is 6.61 Å². The minimum absolute atomic E-state index is 0.0460. The third-order valence-corrected chi connectivity index (χ3v) is 13.4. The Hall–Kier alpha value is -2.97. The molecule has 7 rings (SSSR count). The van der Waals surface area contributed by atoms with Gasteiger partial charge in [-0.25, -0.2) is 14.4 Å². The number of cyclic esters (lactones) is 2. The second-order valence-corrected chi connectivity index (χ2v) is 15.1. The number of aliphatic hydroxyl groups is 3.